The zero-order valence-corrected chi connectivity index (χ0v) is 36.6. The van der Waals surface area contributed by atoms with Gasteiger partial charge < -0.3 is 4.90 Å². The van der Waals surface area contributed by atoms with Crippen molar-refractivity contribution in [3.63, 3.8) is 0 Å². The molecule has 0 aromatic heterocycles. The maximum absolute atomic E-state index is 2.59. The molecule has 8 aromatic carbocycles. The lowest BCUT2D eigenvalue weighted by molar-refractivity contribution is 0.332. The molecule has 0 atom stereocenters. The van der Waals surface area contributed by atoms with Crippen LogP contribution in [-0.4, -0.2) is 0 Å². The third kappa shape index (κ3) is 6.19. The van der Waals surface area contributed by atoms with E-state index in [0.717, 1.165) is 18.5 Å². The molecule has 0 radical (unpaired) electrons. The number of nitrogens with zero attached hydrogens (tertiary/aromatic N) is 1. The fourth-order valence-electron chi connectivity index (χ4n) is 11.4. The predicted octanol–water partition coefficient (Wildman–Crippen LogP) is 16.1. The fourth-order valence-corrected chi connectivity index (χ4v) is 11.4. The number of hydrogen-bond donors (Lipinski definition) is 0. The molecule has 1 nitrogen and oxygen atoms in total. The van der Waals surface area contributed by atoms with Gasteiger partial charge in [0, 0.05) is 16.9 Å². The van der Waals surface area contributed by atoms with Crippen molar-refractivity contribution in [1.29, 1.82) is 0 Å². The molecule has 0 unspecified atom stereocenters. The van der Waals surface area contributed by atoms with Crippen LogP contribution in [0.4, 0.5) is 17.1 Å². The van der Waals surface area contributed by atoms with Crippen LogP contribution in [0.1, 0.15) is 97.9 Å². The molecule has 3 aliphatic rings. The molecule has 0 aliphatic heterocycles. The zero-order chi connectivity index (χ0) is 42.1. The van der Waals surface area contributed by atoms with Crippen LogP contribution in [0.2, 0.25) is 0 Å². The Morgan fingerprint density at radius 2 is 0.935 bits per heavy atom. The van der Waals surface area contributed by atoms with Crippen LogP contribution in [0.5, 0.6) is 0 Å². The van der Waals surface area contributed by atoms with Gasteiger partial charge in [-0.1, -0.05) is 179 Å². The van der Waals surface area contributed by atoms with Gasteiger partial charge >= 0.3 is 0 Å². The van der Waals surface area contributed by atoms with Crippen LogP contribution >= 0.6 is 0 Å². The molecule has 0 spiro atoms. The summed E-state index contributed by atoms with van der Waals surface area (Å²) in [7, 11) is 0. The largest absolute Gasteiger partial charge is 0.310 e. The standard InChI is InChI=1S/C61H55N/c1-59(2)36-37-60(3,4)57-39-46(31-35-55(57)59)52-40-53-51-26-16-17-27-54(51)61(47-22-10-6-11-23-47,48-24-12-7-13-25-48)56(53)41-58(52)62(50-34-30-43-20-14-15-21-45(43)38-50)49-32-28-44(29-33-49)42-18-8-5-9-19-42/h5-13,16-19,22-35,38-41H,14-15,20-21,36-37H2,1-4H3. The average molecular weight is 802 g/mol. The van der Waals surface area contributed by atoms with Gasteiger partial charge in [-0.25, -0.2) is 0 Å². The first-order chi connectivity index (χ1) is 30.2. The number of fused-ring (bicyclic) bond motifs is 5. The second-order valence-corrected chi connectivity index (χ2v) is 19.4. The molecule has 62 heavy (non-hydrogen) atoms. The highest BCUT2D eigenvalue weighted by molar-refractivity contribution is 5.97. The van der Waals surface area contributed by atoms with Crippen molar-refractivity contribution in [2.75, 3.05) is 4.90 Å². The third-order valence-corrected chi connectivity index (χ3v) is 14.8. The van der Waals surface area contributed by atoms with Crippen LogP contribution in [0.3, 0.4) is 0 Å². The molecule has 8 aromatic rings. The lowest BCUT2D eigenvalue weighted by Gasteiger charge is -2.42. The minimum atomic E-state index is -0.526. The first-order valence-corrected chi connectivity index (χ1v) is 22.8. The van der Waals surface area contributed by atoms with Crippen molar-refractivity contribution >= 4 is 17.1 Å². The van der Waals surface area contributed by atoms with Crippen LogP contribution in [-0.2, 0) is 29.1 Å². The fraction of sp³-hybridized carbons (Fsp3) is 0.213. The molecule has 11 rings (SSSR count). The summed E-state index contributed by atoms with van der Waals surface area (Å²) in [6, 6.07) is 71.6. The summed E-state index contributed by atoms with van der Waals surface area (Å²) in [4.78, 5) is 2.58. The summed E-state index contributed by atoms with van der Waals surface area (Å²) >= 11 is 0. The highest BCUT2D eigenvalue weighted by atomic mass is 15.1. The molecule has 3 aliphatic carbocycles. The maximum atomic E-state index is 2.59. The lowest BCUT2D eigenvalue weighted by atomic mass is 9.63. The SMILES string of the molecule is CC1(C)CCC(C)(C)c2cc(-c3cc4c(cc3N(c3ccc(-c5ccccc5)cc3)c3ccc5c(c3)CCCC5)C(c3ccccc3)(c3ccccc3)c3ccccc3-4)ccc21. The van der Waals surface area contributed by atoms with Gasteiger partial charge in [-0.05, 0) is 158 Å². The summed E-state index contributed by atoms with van der Waals surface area (Å²) < 4.78 is 0. The molecule has 0 amide bonds. The Bertz CT molecular complexity index is 2900. The first kappa shape index (κ1) is 38.5. The molecular formula is C61H55N. The molecule has 0 N–H and O–H groups in total. The van der Waals surface area contributed by atoms with Gasteiger partial charge in [-0.15, -0.1) is 0 Å². The van der Waals surface area contributed by atoms with Gasteiger partial charge in [0.05, 0.1) is 11.1 Å². The minimum absolute atomic E-state index is 0.0750. The van der Waals surface area contributed by atoms with Crippen molar-refractivity contribution in [3.8, 4) is 33.4 Å². The summed E-state index contributed by atoms with van der Waals surface area (Å²) in [5, 5.41) is 0. The van der Waals surface area contributed by atoms with E-state index in [9.17, 15) is 0 Å². The van der Waals surface area contributed by atoms with Crippen LogP contribution in [0.15, 0.2) is 188 Å². The smallest absolute Gasteiger partial charge is 0.0714 e. The topological polar surface area (TPSA) is 3.24 Å². The Balaban J connectivity index is 1.24. The van der Waals surface area contributed by atoms with Gasteiger partial charge in [0.2, 0.25) is 0 Å². The Morgan fingerprint density at radius 3 is 1.63 bits per heavy atom. The maximum Gasteiger partial charge on any atom is 0.0714 e. The van der Waals surface area contributed by atoms with Crippen molar-refractivity contribution < 1.29 is 0 Å². The average Bonchev–Trinajstić information content (AvgIpc) is 3.61. The van der Waals surface area contributed by atoms with Crippen LogP contribution < -0.4 is 4.90 Å². The van der Waals surface area contributed by atoms with Crippen molar-refractivity contribution in [2.45, 2.75) is 82.5 Å². The van der Waals surface area contributed by atoms with E-state index in [1.165, 1.54) is 115 Å². The van der Waals surface area contributed by atoms with E-state index < -0.39 is 5.41 Å². The summed E-state index contributed by atoms with van der Waals surface area (Å²) in [6.07, 6.45) is 7.15. The number of aryl methyl sites for hydroxylation is 2. The summed E-state index contributed by atoms with van der Waals surface area (Å²) in [5.74, 6) is 0. The predicted molar refractivity (Wildman–Crippen MR) is 261 cm³/mol. The minimum Gasteiger partial charge on any atom is -0.310 e. The van der Waals surface area contributed by atoms with E-state index >= 15 is 0 Å². The van der Waals surface area contributed by atoms with Crippen LogP contribution in [0, 0.1) is 0 Å². The number of rotatable bonds is 7. The Kier molecular flexibility index (Phi) is 9.24. The molecule has 0 heterocycles. The van der Waals surface area contributed by atoms with E-state index in [4.69, 9.17) is 0 Å². The quantitative estimate of drug-likeness (QED) is 0.155. The highest BCUT2D eigenvalue weighted by Crippen LogP contribution is 2.59. The van der Waals surface area contributed by atoms with Gasteiger partial charge in [-0.2, -0.15) is 0 Å². The van der Waals surface area contributed by atoms with E-state index in [1.54, 1.807) is 0 Å². The number of benzene rings is 8. The van der Waals surface area contributed by atoms with Gasteiger partial charge in [0.1, 0.15) is 0 Å². The molecule has 0 saturated carbocycles. The Hall–Kier alpha value is -6.44. The third-order valence-electron chi connectivity index (χ3n) is 14.8. The van der Waals surface area contributed by atoms with Gasteiger partial charge in [-0.3, -0.25) is 0 Å². The molecule has 0 saturated heterocycles. The number of hydrogen-bond acceptors (Lipinski definition) is 1. The molecule has 304 valence electrons. The molecule has 0 fully saturated rings. The van der Waals surface area contributed by atoms with E-state index in [2.05, 4.69) is 221 Å². The monoisotopic (exact) mass is 801 g/mol. The Labute approximate surface area is 368 Å². The first-order valence-electron chi connectivity index (χ1n) is 22.8. The Morgan fingerprint density at radius 1 is 0.371 bits per heavy atom. The molecule has 1 heteroatoms. The van der Waals surface area contributed by atoms with Gasteiger partial charge in [0.15, 0.2) is 0 Å². The highest BCUT2D eigenvalue weighted by Gasteiger charge is 2.47. The second kappa shape index (κ2) is 14.9. The van der Waals surface area contributed by atoms with E-state index in [1.807, 2.05) is 0 Å². The number of anilines is 3. The van der Waals surface area contributed by atoms with Crippen molar-refractivity contribution in [2.24, 2.45) is 0 Å². The van der Waals surface area contributed by atoms with E-state index in [-0.39, 0.29) is 10.8 Å². The summed E-state index contributed by atoms with van der Waals surface area (Å²) in [6.45, 7) is 9.77. The lowest BCUT2D eigenvalue weighted by Crippen LogP contribution is -2.33. The summed E-state index contributed by atoms with van der Waals surface area (Å²) in [5.41, 5.74) is 22.0. The van der Waals surface area contributed by atoms with Crippen molar-refractivity contribution in [3.05, 3.63) is 233 Å². The zero-order valence-electron chi connectivity index (χ0n) is 36.6. The second-order valence-electron chi connectivity index (χ2n) is 19.4. The van der Waals surface area contributed by atoms with E-state index in [0.29, 0.717) is 0 Å². The van der Waals surface area contributed by atoms with Crippen molar-refractivity contribution in [1.82, 2.24) is 0 Å². The van der Waals surface area contributed by atoms with Crippen LogP contribution in [0.25, 0.3) is 33.4 Å². The molecule has 0 bridgehead atoms. The van der Waals surface area contributed by atoms with Gasteiger partial charge in [0.25, 0.3) is 0 Å². The molecular weight excluding hydrogens is 747 g/mol. The normalized spacial score (nSPS) is 16.4.